The molecule has 182 valence electrons. The van der Waals surface area contributed by atoms with Crippen LogP contribution in [0, 0.1) is 13.8 Å². The number of hydrogen-bond acceptors (Lipinski definition) is 5. The van der Waals surface area contributed by atoms with Gasteiger partial charge < -0.3 is 10.1 Å². The van der Waals surface area contributed by atoms with Crippen LogP contribution in [-0.4, -0.2) is 12.2 Å². The Morgan fingerprint density at radius 1 is 0.730 bits per heavy atom. The molecule has 1 N–H and O–H groups in total. The summed E-state index contributed by atoms with van der Waals surface area (Å²) in [7, 11) is 1.66. The summed E-state index contributed by atoms with van der Waals surface area (Å²) in [6.07, 6.45) is 1.79. The van der Waals surface area contributed by atoms with Crippen LogP contribution in [0.15, 0.2) is 120 Å². The lowest BCUT2D eigenvalue weighted by Gasteiger charge is -2.12. The highest BCUT2D eigenvalue weighted by molar-refractivity contribution is 5.82. The van der Waals surface area contributed by atoms with Crippen molar-refractivity contribution in [3.8, 4) is 22.7 Å². The van der Waals surface area contributed by atoms with E-state index in [1.165, 1.54) is 11.1 Å². The zero-order valence-electron chi connectivity index (χ0n) is 21.1. The molecule has 5 aromatic rings. The Labute approximate surface area is 216 Å². The summed E-state index contributed by atoms with van der Waals surface area (Å²) in [5.74, 6) is 0.790. The highest BCUT2D eigenvalue weighted by Gasteiger charge is 2.26. The minimum atomic E-state index is 0.679. The van der Waals surface area contributed by atoms with Gasteiger partial charge in [0.2, 0.25) is 5.69 Å². The van der Waals surface area contributed by atoms with Gasteiger partial charge in [-0.25, -0.2) is 0 Å². The molecule has 6 heteroatoms. The lowest BCUT2D eigenvalue weighted by atomic mass is 10.1. The molecular formula is C31H28N5O+. The Morgan fingerprint density at radius 3 is 2.03 bits per heavy atom. The smallest absolute Gasteiger partial charge is 0.275 e. The minimum Gasteiger partial charge on any atom is -0.497 e. The van der Waals surface area contributed by atoms with E-state index < -0.39 is 0 Å². The van der Waals surface area contributed by atoms with Gasteiger partial charge in [0.25, 0.3) is 5.69 Å². The van der Waals surface area contributed by atoms with Gasteiger partial charge in [-0.1, -0.05) is 53.6 Å². The average molecular weight is 487 g/mol. The molecule has 0 aliphatic carbocycles. The summed E-state index contributed by atoms with van der Waals surface area (Å²) in [6, 6.07) is 34.2. The van der Waals surface area contributed by atoms with Crippen molar-refractivity contribution in [2.45, 2.75) is 13.8 Å². The molecule has 0 spiro atoms. The second-order valence-corrected chi connectivity index (χ2v) is 8.76. The largest absolute Gasteiger partial charge is 0.497 e. The zero-order valence-corrected chi connectivity index (χ0v) is 21.1. The Hall–Kier alpha value is -4.84. The van der Waals surface area contributed by atoms with E-state index in [-0.39, 0.29) is 0 Å². The topological polar surface area (TPSA) is 62.8 Å². The Kier molecular flexibility index (Phi) is 6.99. The van der Waals surface area contributed by atoms with Crippen LogP contribution < -0.4 is 14.7 Å². The summed E-state index contributed by atoms with van der Waals surface area (Å²) >= 11 is 0. The Morgan fingerprint density at radius 2 is 1.38 bits per heavy atom. The molecule has 0 unspecified atom stereocenters. The van der Waals surface area contributed by atoms with Crippen LogP contribution in [0.3, 0.4) is 0 Å². The van der Waals surface area contributed by atoms with Gasteiger partial charge in [0, 0.05) is 22.9 Å². The first-order chi connectivity index (χ1) is 18.1. The van der Waals surface area contributed by atoms with Crippen LogP contribution in [0.25, 0.3) is 16.9 Å². The molecule has 37 heavy (non-hydrogen) atoms. The number of rotatable bonds is 7. The van der Waals surface area contributed by atoms with Gasteiger partial charge >= 0.3 is 0 Å². The van der Waals surface area contributed by atoms with Gasteiger partial charge in [0.05, 0.1) is 24.0 Å². The molecular weight excluding hydrogens is 458 g/mol. The third-order valence-electron chi connectivity index (χ3n) is 5.99. The highest BCUT2D eigenvalue weighted by Crippen LogP contribution is 2.37. The van der Waals surface area contributed by atoms with Gasteiger partial charge in [-0.15, -0.1) is 5.11 Å². The number of anilines is 2. The molecule has 0 bridgehead atoms. The van der Waals surface area contributed by atoms with Crippen LogP contribution >= 0.6 is 0 Å². The molecule has 0 radical (unpaired) electrons. The lowest BCUT2D eigenvalue weighted by molar-refractivity contribution is -0.648. The predicted molar refractivity (Wildman–Crippen MR) is 148 cm³/mol. The molecule has 1 heterocycles. The van der Waals surface area contributed by atoms with Crippen LogP contribution in [-0.2, 0) is 0 Å². The van der Waals surface area contributed by atoms with Gasteiger partial charge in [-0.2, -0.15) is 5.11 Å². The Bertz CT molecular complexity index is 1510. The highest BCUT2D eigenvalue weighted by atomic mass is 16.5. The number of hydrogen-bond donors (Lipinski definition) is 1. The third kappa shape index (κ3) is 5.54. The quantitative estimate of drug-likeness (QED) is 0.188. The average Bonchev–Trinajstić information content (AvgIpc) is 2.94. The maximum atomic E-state index is 5.31. The van der Waals surface area contributed by atoms with Gasteiger partial charge in [-0.05, 0) is 67.1 Å². The number of methoxy groups -OCH3 is 1. The van der Waals surface area contributed by atoms with Crippen LogP contribution in [0.2, 0.25) is 0 Å². The predicted octanol–water partition coefficient (Wildman–Crippen LogP) is 7.81. The molecule has 6 nitrogen and oxygen atoms in total. The Balaban J connectivity index is 1.70. The van der Waals surface area contributed by atoms with E-state index in [1.54, 1.807) is 13.3 Å². The molecule has 4 aromatic carbocycles. The molecule has 0 aliphatic rings. The number of nitrogens with one attached hydrogen (secondary N) is 1. The summed E-state index contributed by atoms with van der Waals surface area (Å²) < 4.78 is 7.23. The van der Waals surface area contributed by atoms with E-state index in [2.05, 4.69) is 60.7 Å². The van der Waals surface area contributed by atoms with Crippen molar-refractivity contribution in [3.63, 3.8) is 0 Å². The molecule has 1 aromatic heterocycles. The first-order valence-corrected chi connectivity index (χ1v) is 12.1. The summed E-state index contributed by atoms with van der Waals surface area (Å²) in [4.78, 5) is 0. The molecule has 0 atom stereocenters. The minimum absolute atomic E-state index is 0.679. The normalized spacial score (nSPS) is 11.0. The zero-order chi connectivity index (χ0) is 25.6. The van der Waals surface area contributed by atoms with E-state index >= 15 is 0 Å². The van der Waals surface area contributed by atoms with Gasteiger partial charge in [0.1, 0.15) is 11.9 Å². The first-order valence-electron chi connectivity index (χ1n) is 12.1. The van der Waals surface area contributed by atoms with Crippen molar-refractivity contribution >= 4 is 22.7 Å². The first kappa shape index (κ1) is 23.9. The second-order valence-electron chi connectivity index (χ2n) is 8.76. The van der Waals surface area contributed by atoms with E-state index in [0.717, 1.165) is 39.8 Å². The van der Waals surface area contributed by atoms with Crippen molar-refractivity contribution in [1.29, 1.82) is 0 Å². The van der Waals surface area contributed by atoms with Crippen LogP contribution in [0.1, 0.15) is 11.1 Å². The van der Waals surface area contributed by atoms with Crippen LogP contribution in [0.4, 0.5) is 22.7 Å². The molecule has 0 saturated heterocycles. The summed E-state index contributed by atoms with van der Waals surface area (Å²) in [5, 5.41) is 17.7. The molecule has 5 rings (SSSR count). The molecule has 0 aliphatic heterocycles. The fraction of sp³-hybridized carbons (Fsp3) is 0.0968. The van der Waals surface area contributed by atoms with Crippen LogP contribution in [0.5, 0.6) is 5.75 Å². The molecule has 0 amide bonds. The van der Waals surface area contributed by atoms with Gasteiger partial charge in [0.15, 0.2) is 5.69 Å². The lowest BCUT2D eigenvalue weighted by Crippen LogP contribution is -2.37. The van der Waals surface area contributed by atoms with Crippen molar-refractivity contribution < 1.29 is 9.42 Å². The maximum Gasteiger partial charge on any atom is 0.275 e. The van der Waals surface area contributed by atoms with E-state index in [9.17, 15) is 0 Å². The third-order valence-corrected chi connectivity index (χ3v) is 5.99. The number of aryl methyl sites for hydroxylation is 2. The molecule has 0 fully saturated rings. The maximum absolute atomic E-state index is 5.31. The fourth-order valence-corrected chi connectivity index (χ4v) is 3.94. The summed E-state index contributed by atoms with van der Waals surface area (Å²) in [6.45, 7) is 4.13. The second kappa shape index (κ2) is 10.8. The molecule has 0 saturated carbocycles. The van der Waals surface area contributed by atoms with E-state index in [4.69, 9.17) is 14.9 Å². The number of azo groups is 1. The van der Waals surface area contributed by atoms with E-state index in [0.29, 0.717) is 5.69 Å². The fourth-order valence-electron chi connectivity index (χ4n) is 3.94. The van der Waals surface area contributed by atoms with E-state index in [1.807, 2.05) is 71.4 Å². The SMILES string of the molecule is COc1ccc(Nc2cn[n+](-c3ccc(C)cc3)c(-c3ccccc3)c2N=Nc2ccc(C)cc2)cc1. The monoisotopic (exact) mass is 486 g/mol. The summed E-state index contributed by atoms with van der Waals surface area (Å²) in [5.41, 5.74) is 8.19. The standard InChI is InChI=1S/C31H27N5O/c1-22-9-13-26(14-10-22)34-35-30-29(33-25-15-19-28(37-3)20-16-25)21-32-36(27-17-11-23(2)12-18-27)31(30)24-7-5-4-6-8-24/h4-21H,1-3H3/p+1. The van der Waals surface area contributed by atoms with Crippen molar-refractivity contribution in [2.75, 3.05) is 12.4 Å². The number of aromatic nitrogens is 2. The van der Waals surface area contributed by atoms with Crippen molar-refractivity contribution in [2.24, 2.45) is 10.2 Å². The van der Waals surface area contributed by atoms with Crippen molar-refractivity contribution in [1.82, 2.24) is 5.10 Å². The number of ether oxygens (including phenoxy) is 1. The van der Waals surface area contributed by atoms with Gasteiger partial charge in [-0.3, -0.25) is 0 Å². The number of nitrogens with zero attached hydrogens (tertiary/aromatic N) is 4. The number of benzene rings is 4. The van der Waals surface area contributed by atoms with Crippen molar-refractivity contribution in [3.05, 3.63) is 120 Å².